The summed E-state index contributed by atoms with van der Waals surface area (Å²) in [5.74, 6) is 1.30. The lowest BCUT2D eigenvalue weighted by Crippen LogP contribution is -2.06. The van der Waals surface area contributed by atoms with Gasteiger partial charge in [0.05, 0.1) is 12.0 Å². The summed E-state index contributed by atoms with van der Waals surface area (Å²) >= 11 is 1.70. The second-order valence-corrected chi connectivity index (χ2v) is 5.48. The number of aryl methyl sites for hydroxylation is 1. The van der Waals surface area contributed by atoms with Gasteiger partial charge in [0.15, 0.2) is 0 Å². The van der Waals surface area contributed by atoms with E-state index in [-0.39, 0.29) is 0 Å². The number of hydrogen-bond acceptors (Lipinski definition) is 6. The van der Waals surface area contributed by atoms with Crippen LogP contribution in [-0.2, 0) is 11.2 Å². The molecule has 0 aromatic carbocycles. The molecule has 0 aliphatic heterocycles. The molecule has 0 fully saturated rings. The molecule has 2 aromatic heterocycles. The largest absolute Gasteiger partial charge is 0.477 e. The number of thiophene rings is 1. The summed E-state index contributed by atoms with van der Waals surface area (Å²) in [4.78, 5) is 11.3. The van der Waals surface area contributed by atoms with Crippen LogP contribution in [0.25, 0.3) is 10.2 Å². The lowest BCUT2D eigenvalue weighted by atomic mass is 10.3. The molecule has 0 bridgehead atoms. The number of rotatable bonds is 8. The Labute approximate surface area is 123 Å². The predicted octanol–water partition coefficient (Wildman–Crippen LogP) is 3.10. The first-order chi connectivity index (χ1) is 9.78. The van der Waals surface area contributed by atoms with Crippen LogP contribution in [-0.4, -0.2) is 36.8 Å². The van der Waals surface area contributed by atoms with Crippen molar-refractivity contribution in [2.24, 2.45) is 0 Å². The van der Waals surface area contributed by atoms with Crippen molar-refractivity contribution in [3.8, 4) is 5.88 Å². The molecule has 0 amide bonds. The molecule has 2 rings (SSSR count). The van der Waals surface area contributed by atoms with Crippen LogP contribution in [0.2, 0.25) is 0 Å². The maximum atomic E-state index is 5.80. The summed E-state index contributed by atoms with van der Waals surface area (Å²) in [6, 6.07) is 2.13. The van der Waals surface area contributed by atoms with Crippen molar-refractivity contribution in [1.29, 1.82) is 0 Å². The van der Waals surface area contributed by atoms with Gasteiger partial charge in [-0.15, -0.1) is 11.3 Å². The SMILES string of the molecule is CCNc1nc(OCCCOC)c2cc(CC)sc2n1. The van der Waals surface area contributed by atoms with Crippen LogP contribution in [0.5, 0.6) is 5.88 Å². The number of nitrogens with one attached hydrogen (secondary N) is 1. The molecule has 0 aliphatic carbocycles. The fraction of sp³-hybridized carbons (Fsp3) is 0.571. The molecule has 2 aromatic rings. The standard InChI is InChI=1S/C14H21N3O2S/c1-4-10-9-11-12(19-8-6-7-18-3)16-14(15-5-2)17-13(11)20-10/h9H,4-8H2,1-3H3,(H,15,16,17). The van der Waals surface area contributed by atoms with Crippen LogP contribution in [0.15, 0.2) is 6.07 Å². The molecule has 5 nitrogen and oxygen atoms in total. The van der Waals surface area contributed by atoms with Crippen molar-refractivity contribution in [3.63, 3.8) is 0 Å². The minimum absolute atomic E-state index is 0.600. The number of ether oxygens (including phenoxy) is 2. The highest BCUT2D eigenvalue weighted by Gasteiger charge is 2.12. The van der Waals surface area contributed by atoms with Crippen LogP contribution in [0.4, 0.5) is 5.95 Å². The highest BCUT2D eigenvalue weighted by Crippen LogP contribution is 2.31. The number of anilines is 1. The Morgan fingerprint density at radius 1 is 1.25 bits per heavy atom. The Bertz CT molecular complexity index is 557. The molecule has 0 saturated heterocycles. The van der Waals surface area contributed by atoms with E-state index in [1.165, 1.54) is 4.88 Å². The molecule has 0 radical (unpaired) electrons. The average molecular weight is 295 g/mol. The number of methoxy groups -OCH3 is 1. The molecule has 2 heterocycles. The van der Waals surface area contributed by atoms with Gasteiger partial charge in [0.25, 0.3) is 0 Å². The van der Waals surface area contributed by atoms with Gasteiger partial charge in [0.1, 0.15) is 4.83 Å². The molecule has 0 aliphatic rings. The van der Waals surface area contributed by atoms with Gasteiger partial charge < -0.3 is 14.8 Å². The highest BCUT2D eigenvalue weighted by molar-refractivity contribution is 7.18. The van der Waals surface area contributed by atoms with Gasteiger partial charge in [0.2, 0.25) is 11.8 Å². The third-order valence-corrected chi connectivity index (χ3v) is 4.00. The predicted molar refractivity (Wildman–Crippen MR) is 82.9 cm³/mol. The van der Waals surface area contributed by atoms with Crippen LogP contribution in [0.1, 0.15) is 25.1 Å². The molecule has 20 heavy (non-hydrogen) atoms. The Morgan fingerprint density at radius 2 is 2.10 bits per heavy atom. The molecule has 0 unspecified atom stereocenters. The fourth-order valence-corrected chi connectivity index (χ4v) is 2.80. The molecular weight excluding hydrogens is 274 g/mol. The van der Waals surface area contributed by atoms with E-state index in [1.54, 1.807) is 18.4 Å². The topological polar surface area (TPSA) is 56.3 Å². The first-order valence-corrected chi connectivity index (χ1v) is 7.76. The maximum Gasteiger partial charge on any atom is 0.227 e. The zero-order chi connectivity index (χ0) is 14.4. The third kappa shape index (κ3) is 3.58. The molecule has 0 spiro atoms. The Balaban J connectivity index is 2.25. The van der Waals surface area contributed by atoms with Gasteiger partial charge in [-0.3, -0.25) is 0 Å². The fourth-order valence-electron chi connectivity index (χ4n) is 1.84. The van der Waals surface area contributed by atoms with Gasteiger partial charge in [-0.2, -0.15) is 4.98 Å². The maximum absolute atomic E-state index is 5.80. The molecular formula is C14H21N3O2S. The number of nitrogens with zero attached hydrogens (tertiary/aromatic N) is 2. The van der Waals surface area contributed by atoms with Crippen LogP contribution < -0.4 is 10.1 Å². The van der Waals surface area contributed by atoms with E-state index >= 15 is 0 Å². The minimum Gasteiger partial charge on any atom is -0.477 e. The van der Waals surface area contributed by atoms with Crippen molar-refractivity contribution in [1.82, 2.24) is 9.97 Å². The van der Waals surface area contributed by atoms with E-state index < -0.39 is 0 Å². The first kappa shape index (κ1) is 15.0. The van der Waals surface area contributed by atoms with Gasteiger partial charge >= 0.3 is 0 Å². The van der Waals surface area contributed by atoms with Crippen molar-refractivity contribution >= 4 is 27.5 Å². The van der Waals surface area contributed by atoms with E-state index in [0.717, 1.165) is 29.6 Å². The minimum atomic E-state index is 0.600. The van der Waals surface area contributed by atoms with Gasteiger partial charge in [0, 0.05) is 31.6 Å². The summed E-state index contributed by atoms with van der Waals surface area (Å²) in [6.07, 6.45) is 1.85. The van der Waals surface area contributed by atoms with E-state index in [1.807, 2.05) is 6.92 Å². The van der Waals surface area contributed by atoms with Crippen LogP contribution in [0.3, 0.4) is 0 Å². The van der Waals surface area contributed by atoms with Gasteiger partial charge in [-0.25, -0.2) is 4.98 Å². The molecule has 6 heteroatoms. The van der Waals surface area contributed by atoms with Gasteiger partial charge in [-0.1, -0.05) is 6.92 Å². The van der Waals surface area contributed by atoms with Crippen molar-refractivity contribution < 1.29 is 9.47 Å². The quantitative estimate of drug-likeness (QED) is 0.758. The summed E-state index contributed by atoms with van der Waals surface area (Å²) < 4.78 is 10.8. The Hall–Kier alpha value is -1.40. The van der Waals surface area contributed by atoms with Crippen LogP contribution in [0, 0.1) is 0 Å². The van der Waals surface area contributed by atoms with Crippen molar-refractivity contribution in [3.05, 3.63) is 10.9 Å². The summed E-state index contributed by atoms with van der Waals surface area (Å²) in [5, 5.41) is 4.15. The van der Waals surface area contributed by atoms with E-state index in [9.17, 15) is 0 Å². The summed E-state index contributed by atoms with van der Waals surface area (Å²) in [7, 11) is 1.69. The number of aromatic nitrogens is 2. The first-order valence-electron chi connectivity index (χ1n) is 6.94. The zero-order valence-electron chi connectivity index (χ0n) is 12.2. The Kier molecular flexibility index (Phi) is 5.55. The molecule has 0 atom stereocenters. The third-order valence-electron chi connectivity index (χ3n) is 2.82. The molecule has 110 valence electrons. The summed E-state index contributed by atoms with van der Waals surface area (Å²) in [5.41, 5.74) is 0. The van der Waals surface area contributed by atoms with Crippen molar-refractivity contribution in [2.45, 2.75) is 26.7 Å². The molecule has 1 N–H and O–H groups in total. The van der Waals surface area contributed by atoms with E-state index in [0.29, 0.717) is 25.0 Å². The second kappa shape index (κ2) is 7.40. The average Bonchev–Trinajstić information content (AvgIpc) is 2.87. The highest BCUT2D eigenvalue weighted by atomic mass is 32.1. The smallest absolute Gasteiger partial charge is 0.227 e. The normalized spacial score (nSPS) is 10.9. The van der Waals surface area contributed by atoms with Crippen molar-refractivity contribution in [2.75, 3.05) is 32.2 Å². The number of hydrogen-bond donors (Lipinski definition) is 1. The lowest BCUT2D eigenvalue weighted by molar-refractivity contribution is 0.171. The van der Waals surface area contributed by atoms with E-state index in [2.05, 4.69) is 28.3 Å². The van der Waals surface area contributed by atoms with Crippen LogP contribution >= 0.6 is 11.3 Å². The second-order valence-electron chi connectivity index (χ2n) is 4.36. The number of fused-ring (bicyclic) bond motifs is 1. The molecule has 0 saturated carbocycles. The summed E-state index contributed by atoms with van der Waals surface area (Å²) in [6.45, 7) is 6.25. The van der Waals surface area contributed by atoms with Gasteiger partial charge in [-0.05, 0) is 19.4 Å². The van der Waals surface area contributed by atoms with E-state index in [4.69, 9.17) is 9.47 Å². The monoisotopic (exact) mass is 295 g/mol. The zero-order valence-corrected chi connectivity index (χ0v) is 13.0. The lowest BCUT2D eigenvalue weighted by Gasteiger charge is -2.08. The Morgan fingerprint density at radius 3 is 2.80 bits per heavy atom.